The number of carbonyl (C=O) groups is 1. The van der Waals surface area contributed by atoms with Crippen molar-refractivity contribution in [3.8, 4) is 0 Å². The number of nitrogens with one attached hydrogen (secondary N) is 1. The van der Waals surface area contributed by atoms with Gasteiger partial charge in [0.25, 0.3) is 0 Å². The maximum absolute atomic E-state index is 12.4. The highest BCUT2D eigenvalue weighted by molar-refractivity contribution is 7.17. The predicted octanol–water partition coefficient (Wildman–Crippen LogP) is 4.07. The summed E-state index contributed by atoms with van der Waals surface area (Å²) in [5.41, 5.74) is 1.40. The van der Waals surface area contributed by atoms with Crippen molar-refractivity contribution in [1.82, 2.24) is 10.2 Å². The maximum atomic E-state index is 12.4. The fraction of sp³-hybridized carbons (Fsp3) is 0.550. The van der Waals surface area contributed by atoms with Crippen molar-refractivity contribution in [3.05, 3.63) is 35.2 Å². The van der Waals surface area contributed by atoms with Crippen LogP contribution in [0.3, 0.4) is 0 Å². The van der Waals surface area contributed by atoms with Crippen molar-refractivity contribution in [2.24, 2.45) is 5.92 Å². The Balaban J connectivity index is 1.42. The first-order valence-corrected chi connectivity index (χ1v) is 10.1. The van der Waals surface area contributed by atoms with Crippen LogP contribution in [0.1, 0.15) is 38.2 Å². The van der Waals surface area contributed by atoms with Gasteiger partial charge in [0.05, 0.1) is 0 Å². The fourth-order valence-electron chi connectivity index (χ4n) is 3.55. The van der Waals surface area contributed by atoms with Gasteiger partial charge in [-0.15, -0.1) is 11.3 Å². The van der Waals surface area contributed by atoms with Crippen molar-refractivity contribution in [2.45, 2.75) is 39.0 Å². The number of carbonyl (C=O) groups excluding carboxylic acids is 1. The van der Waals surface area contributed by atoms with E-state index in [4.69, 9.17) is 0 Å². The molecular weight excluding hydrogens is 316 g/mol. The smallest absolute Gasteiger partial charge is 0.222 e. The van der Waals surface area contributed by atoms with E-state index in [0.29, 0.717) is 12.3 Å². The van der Waals surface area contributed by atoms with Crippen LogP contribution in [0, 0.1) is 5.92 Å². The number of piperidine rings is 1. The molecule has 0 saturated carbocycles. The normalized spacial score (nSPS) is 16.0. The molecule has 0 radical (unpaired) electrons. The number of hydrogen-bond acceptors (Lipinski definition) is 3. The SMILES string of the molecule is CCNCC1CCN(C(=O)CCCc2csc3ccccc23)CC1. The van der Waals surface area contributed by atoms with Gasteiger partial charge in [0.2, 0.25) is 5.91 Å². The molecule has 0 bridgehead atoms. The van der Waals surface area contributed by atoms with Crippen LogP contribution in [-0.2, 0) is 11.2 Å². The summed E-state index contributed by atoms with van der Waals surface area (Å²) in [6.07, 6.45) is 4.94. The number of hydrogen-bond donors (Lipinski definition) is 1. The molecular formula is C20H28N2OS. The van der Waals surface area contributed by atoms with Gasteiger partial charge < -0.3 is 10.2 Å². The number of likely N-dealkylation sites (tertiary alicyclic amines) is 1. The van der Waals surface area contributed by atoms with Crippen LogP contribution < -0.4 is 5.32 Å². The highest BCUT2D eigenvalue weighted by Gasteiger charge is 2.22. The summed E-state index contributed by atoms with van der Waals surface area (Å²) in [7, 11) is 0. The summed E-state index contributed by atoms with van der Waals surface area (Å²) in [5, 5.41) is 7.04. The average Bonchev–Trinajstić information content (AvgIpc) is 3.03. The molecule has 0 aliphatic carbocycles. The Bertz CT molecular complexity index is 658. The average molecular weight is 345 g/mol. The number of nitrogens with zero attached hydrogens (tertiary/aromatic N) is 1. The Morgan fingerprint density at radius 2 is 2.08 bits per heavy atom. The number of fused-ring (bicyclic) bond motifs is 1. The number of benzene rings is 1. The van der Waals surface area contributed by atoms with Gasteiger partial charge >= 0.3 is 0 Å². The van der Waals surface area contributed by atoms with Gasteiger partial charge in [-0.1, -0.05) is 25.1 Å². The molecule has 0 atom stereocenters. The molecule has 2 heterocycles. The van der Waals surface area contributed by atoms with Gasteiger partial charge in [0, 0.05) is 24.2 Å². The van der Waals surface area contributed by atoms with Crippen molar-refractivity contribution in [3.63, 3.8) is 0 Å². The Labute approximate surface area is 149 Å². The molecule has 1 amide bonds. The van der Waals surface area contributed by atoms with Crippen LogP contribution in [0.4, 0.5) is 0 Å². The highest BCUT2D eigenvalue weighted by Crippen LogP contribution is 2.27. The lowest BCUT2D eigenvalue weighted by atomic mass is 9.96. The largest absolute Gasteiger partial charge is 0.343 e. The summed E-state index contributed by atoms with van der Waals surface area (Å²) in [4.78, 5) is 14.5. The second kappa shape index (κ2) is 8.63. The first-order chi connectivity index (χ1) is 11.8. The van der Waals surface area contributed by atoms with Crippen LogP contribution in [0.5, 0.6) is 0 Å². The summed E-state index contributed by atoms with van der Waals surface area (Å²) in [6, 6.07) is 8.55. The van der Waals surface area contributed by atoms with Gasteiger partial charge in [-0.25, -0.2) is 0 Å². The van der Waals surface area contributed by atoms with Crippen LogP contribution in [-0.4, -0.2) is 37.0 Å². The van der Waals surface area contributed by atoms with E-state index < -0.39 is 0 Å². The van der Waals surface area contributed by atoms with E-state index in [1.807, 2.05) is 0 Å². The van der Waals surface area contributed by atoms with Crippen LogP contribution in [0.2, 0.25) is 0 Å². The molecule has 1 aromatic heterocycles. The van der Waals surface area contributed by atoms with Crippen LogP contribution in [0.15, 0.2) is 29.6 Å². The van der Waals surface area contributed by atoms with Crippen molar-refractivity contribution in [2.75, 3.05) is 26.2 Å². The first-order valence-electron chi connectivity index (χ1n) is 9.21. The Kier molecular flexibility index (Phi) is 6.27. The molecule has 1 aliphatic rings. The second-order valence-corrected chi connectivity index (χ2v) is 7.65. The van der Waals surface area contributed by atoms with E-state index in [9.17, 15) is 4.79 Å². The zero-order valence-electron chi connectivity index (χ0n) is 14.6. The Hall–Kier alpha value is -1.39. The van der Waals surface area contributed by atoms with Gasteiger partial charge in [-0.05, 0) is 67.1 Å². The summed E-state index contributed by atoms with van der Waals surface area (Å²) in [5.74, 6) is 1.09. The second-order valence-electron chi connectivity index (χ2n) is 6.74. The van der Waals surface area contributed by atoms with E-state index >= 15 is 0 Å². The van der Waals surface area contributed by atoms with Gasteiger partial charge in [0.1, 0.15) is 0 Å². The fourth-order valence-corrected chi connectivity index (χ4v) is 4.55. The maximum Gasteiger partial charge on any atom is 0.222 e. The monoisotopic (exact) mass is 344 g/mol. The minimum atomic E-state index is 0.344. The first kappa shape index (κ1) is 17.4. The molecule has 3 rings (SSSR count). The Morgan fingerprint density at radius 3 is 2.88 bits per heavy atom. The summed E-state index contributed by atoms with van der Waals surface area (Å²) < 4.78 is 1.35. The molecule has 3 nitrogen and oxygen atoms in total. The van der Waals surface area contributed by atoms with E-state index in [0.717, 1.165) is 57.8 Å². The topological polar surface area (TPSA) is 32.3 Å². The van der Waals surface area contributed by atoms with E-state index in [1.165, 1.54) is 15.6 Å². The summed E-state index contributed by atoms with van der Waals surface area (Å²) >= 11 is 1.81. The van der Waals surface area contributed by atoms with Crippen LogP contribution in [0.25, 0.3) is 10.1 Å². The van der Waals surface area contributed by atoms with Gasteiger partial charge in [-0.3, -0.25) is 4.79 Å². The zero-order valence-corrected chi connectivity index (χ0v) is 15.4. The van der Waals surface area contributed by atoms with Crippen molar-refractivity contribution >= 4 is 27.3 Å². The lowest BCUT2D eigenvalue weighted by molar-refractivity contribution is -0.132. The van der Waals surface area contributed by atoms with Gasteiger partial charge in [0.15, 0.2) is 0 Å². The third-order valence-corrected chi connectivity index (χ3v) is 6.06. The van der Waals surface area contributed by atoms with E-state index in [1.54, 1.807) is 11.3 Å². The molecule has 1 fully saturated rings. The standard InChI is InChI=1S/C20H28N2OS/c1-2-21-14-16-10-12-22(13-11-16)20(23)9-5-6-17-15-24-19-8-4-3-7-18(17)19/h3-4,7-8,15-16,21H,2,5-6,9-14H2,1H3. The molecule has 0 unspecified atom stereocenters. The molecule has 4 heteroatoms. The lowest BCUT2D eigenvalue weighted by Gasteiger charge is -2.32. The molecule has 2 aromatic rings. The number of aryl methyl sites for hydroxylation is 1. The predicted molar refractivity (Wildman–Crippen MR) is 103 cm³/mol. The van der Waals surface area contributed by atoms with E-state index in [-0.39, 0.29) is 0 Å². The zero-order chi connectivity index (χ0) is 16.8. The molecule has 24 heavy (non-hydrogen) atoms. The quantitative estimate of drug-likeness (QED) is 0.821. The molecule has 130 valence electrons. The number of thiophene rings is 1. The Morgan fingerprint density at radius 1 is 1.29 bits per heavy atom. The van der Waals surface area contributed by atoms with Crippen molar-refractivity contribution in [1.29, 1.82) is 0 Å². The minimum absolute atomic E-state index is 0.344. The van der Waals surface area contributed by atoms with Crippen LogP contribution >= 0.6 is 11.3 Å². The molecule has 1 saturated heterocycles. The molecule has 1 aromatic carbocycles. The van der Waals surface area contributed by atoms with Crippen molar-refractivity contribution < 1.29 is 4.79 Å². The lowest BCUT2D eigenvalue weighted by Crippen LogP contribution is -2.40. The van der Waals surface area contributed by atoms with Gasteiger partial charge in [-0.2, -0.15) is 0 Å². The molecule has 1 N–H and O–H groups in total. The molecule has 0 spiro atoms. The minimum Gasteiger partial charge on any atom is -0.343 e. The number of amides is 1. The molecule has 1 aliphatic heterocycles. The highest BCUT2D eigenvalue weighted by atomic mass is 32.1. The third-order valence-electron chi connectivity index (χ3n) is 5.05. The number of rotatable bonds is 7. The summed E-state index contributed by atoms with van der Waals surface area (Å²) in [6.45, 7) is 6.17. The third kappa shape index (κ3) is 4.37. The van der Waals surface area contributed by atoms with E-state index in [2.05, 4.69) is 46.8 Å².